The van der Waals surface area contributed by atoms with Crippen molar-refractivity contribution in [3.05, 3.63) is 11.8 Å². The normalized spacial score (nSPS) is 19.5. The summed E-state index contributed by atoms with van der Waals surface area (Å²) in [6.07, 6.45) is 7.40. The van der Waals surface area contributed by atoms with Crippen molar-refractivity contribution in [1.82, 2.24) is 10.2 Å². The molecule has 1 rings (SSSR count). The fourth-order valence-electron chi connectivity index (χ4n) is 2.32. The predicted octanol–water partition coefficient (Wildman–Crippen LogP) is 2.01. The molecule has 0 atom stereocenters. The Hall–Kier alpha value is -0.990. The second-order valence-corrected chi connectivity index (χ2v) is 4.05. The quantitative estimate of drug-likeness (QED) is 0.569. The molecule has 3 nitrogen and oxygen atoms in total. The predicted molar refractivity (Wildman–Crippen MR) is 66.2 cm³/mol. The maximum absolute atomic E-state index is 4.39. The van der Waals surface area contributed by atoms with Crippen LogP contribution in [0.25, 0.3) is 0 Å². The molecule has 1 fully saturated rings. The summed E-state index contributed by atoms with van der Waals surface area (Å²) in [7, 11) is 5.96. The van der Waals surface area contributed by atoms with Crippen LogP contribution < -0.4 is 5.32 Å². The minimum atomic E-state index is 0.673. The number of rotatable bonds is 3. The minimum absolute atomic E-state index is 0.673. The van der Waals surface area contributed by atoms with Gasteiger partial charge in [-0.15, -0.1) is 0 Å². The first-order valence-electron chi connectivity index (χ1n) is 5.78. The summed E-state index contributed by atoms with van der Waals surface area (Å²) >= 11 is 0. The van der Waals surface area contributed by atoms with Crippen LogP contribution in [0, 0.1) is 0 Å². The Morgan fingerprint density at radius 3 is 2.40 bits per heavy atom. The molecule has 0 saturated heterocycles. The Labute approximate surface area is 93.3 Å². The lowest BCUT2D eigenvalue weighted by Crippen LogP contribution is -2.38. The number of hydrogen-bond donors (Lipinski definition) is 1. The van der Waals surface area contributed by atoms with E-state index in [1.807, 2.05) is 21.0 Å². The molecule has 0 bridgehead atoms. The first kappa shape index (κ1) is 12.1. The number of allylic oxidation sites excluding steroid dienone is 1. The fourth-order valence-corrected chi connectivity index (χ4v) is 2.32. The van der Waals surface area contributed by atoms with Crippen LogP contribution in [0.2, 0.25) is 0 Å². The SMILES string of the molecule is C/C=C(/NC)C(=NC)N(C)C1CCCC1. The molecule has 0 radical (unpaired) electrons. The Kier molecular flexibility index (Phi) is 4.66. The van der Waals surface area contributed by atoms with Crippen LogP contribution in [0.4, 0.5) is 0 Å². The molecule has 0 spiro atoms. The zero-order valence-electron chi connectivity index (χ0n) is 10.4. The molecule has 0 heterocycles. The summed E-state index contributed by atoms with van der Waals surface area (Å²) < 4.78 is 0. The van der Waals surface area contributed by atoms with Crippen LogP contribution in [0.1, 0.15) is 32.6 Å². The molecule has 0 aliphatic heterocycles. The van der Waals surface area contributed by atoms with Crippen LogP contribution >= 0.6 is 0 Å². The maximum Gasteiger partial charge on any atom is 0.146 e. The maximum atomic E-state index is 4.39. The van der Waals surface area contributed by atoms with Crippen molar-refractivity contribution in [1.29, 1.82) is 0 Å². The van der Waals surface area contributed by atoms with Gasteiger partial charge in [0, 0.05) is 27.2 Å². The van der Waals surface area contributed by atoms with E-state index in [4.69, 9.17) is 0 Å². The number of nitrogens with zero attached hydrogens (tertiary/aromatic N) is 2. The van der Waals surface area contributed by atoms with E-state index in [9.17, 15) is 0 Å². The molecule has 0 amide bonds. The van der Waals surface area contributed by atoms with Gasteiger partial charge in [-0.25, -0.2) is 0 Å². The second kappa shape index (κ2) is 5.79. The van der Waals surface area contributed by atoms with Crippen LogP contribution in [0.3, 0.4) is 0 Å². The molecular formula is C12H23N3. The number of amidine groups is 1. The van der Waals surface area contributed by atoms with Gasteiger partial charge in [0.05, 0.1) is 5.70 Å². The first-order chi connectivity index (χ1) is 7.24. The van der Waals surface area contributed by atoms with Crippen molar-refractivity contribution in [2.45, 2.75) is 38.6 Å². The van der Waals surface area contributed by atoms with E-state index >= 15 is 0 Å². The summed E-state index contributed by atoms with van der Waals surface area (Å²) in [6, 6.07) is 0.673. The fraction of sp³-hybridized carbons (Fsp3) is 0.750. The lowest BCUT2D eigenvalue weighted by molar-refractivity contribution is 0.370. The second-order valence-electron chi connectivity index (χ2n) is 4.05. The van der Waals surface area contributed by atoms with E-state index in [0.717, 1.165) is 11.5 Å². The zero-order chi connectivity index (χ0) is 11.3. The van der Waals surface area contributed by atoms with Crippen LogP contribution in [-0.4, -0.2) is 37.9 Å². The summed E-state index contributed by atoms with van der Waals surface area (Å²) in [4.78, 5) is 6.70. The van der Waals surface area contributed by atoms with E-state index < -0.39 is 0 Å². The van der Waals surface area contributed by atoms with Gasteiger partial charge in [-0.05, 0) is 19.8 Å². The molecule has 1 saturated carbocycles. The van der Waals surface area contributed by atoms with Crippen molar-refractivity contribution < 1.29 is 0 Å². The van der Waals surface area contributed by atoms with Gasteiger partial charge in [-0.2, -0.15) is 0 Å². The highest BCUT2D eigenvalue weighted by molar-refractivity contribution is 5.97. The summed E-state index contributed by atoms with van der Waals surface area (Å²) in [6.45, 7) is 2.04. The smallest absolute Gasteiger partial charge is 0.146 e. The van der Waals surface area contributed by atoms with E-state index in [0.29, 0.717) is 6.04 Å². The topological polar surface area (TPSA) is 27.6 Å². The van der Waals surface area contributed by atoms with Gasteiger partial charge in [0.15, 0.2) is 0 Å². The Morgan fingerprint density at radius 1 is 1.40 bits per heavy atom. The summed E-state index contributed by atoms with van der Waals surface area (Å²) in [5.74, 6) is 1.08. The highest BCUT2D eigenvalue weighted by Crippen LogP contribution is 2.23. The molecule has 86 valence electrons. The summed E-state index contributed by atoms with van der Waals surface area (Å²) in [5, 5.41) is 3.20. The molecule has 1 aliphatic carbocycles. The van der Waals surface area contributed by atoms with Crippen LogP contribution in [0.5, 0.6) is 0 Å². The van der Waals surface area contributed by atoms with E-state index in [2.05, 4.69) is 28.3 Å². The third-order valence-electron chi connectivity index (χ3n) is 3.22. The molecule has 1 N–H and O–H groups in total. The van der Waals surface area contributed by atoms with Gasteiger partial charge in [-0.3, -0.25) is 4.99 Å². The van der Waals surface area contributed by atoms with Crippen molar-refractivity contribution in [3.63, 3.8) is 0 Å². The largest absolute Gasteiger partial charge is 0.385 e. The molecule has 0 aromatic carbocycles. The molecular weight excluding hydrogens is 186 g/mol. The Balaban J connectivity index is 2.73. The van der Waals surface area contributed by atoms with Crippen LogP contribution in [0.15, 0.2) is 16.8 Å². The van der Waals surface area contributed by atoms with E-state index in [-0.39, 0.29) is 0 Å². The lowest BCUT2D eigenvalue weighted by atomic mass is 10.2. The minimum Gasteiger partial charge on any atom is -0.385 e. The van der Waals surface area contributed by atoms with Gasteiger partial charge in [0.2, 0.25) is 0 Å². The molecule has 1 aliphatic rings. The Bertz CT molecular complexity index is 250. The highest BCUT2D eigenvalue weighted by Gasteiger charge is 2.22. The molecule has 0 unspecified atom stereocenters. The zero-order valence-corrected chi connectivity index (χ0v) is 10.4. The van der Waals surface area contributed by atoms with Gasteiger partial charge in [0.25, 0.3) is 0 Å². The van der Waals surface area contributed by atoms with Gasteiger partial charge >= 0.3 is 0 Å². The number of likely N-dealkylation sites (N-methyl/N-ethyl adjacent to an activating group) is 2. The number of aliphatic imine (C=N–C) groups is 1. The van der Waals surface area contributed by atoms with E-state index in [1.54, 1.807) is 0 Å². The van der Waals surface area contributed by atoms with Gasteiger partial charge in [-0.1, -0.05) is 18.9 Å². The third-order valence-corrected chi connectivity index (χ3v) is 3.22. The van der Waals surface area contributed by atoms with Crippen molar-refractivity contribution in [2.75, 3.05) is 21.1 Å². The van der Waals surface area contributed by atoms with Crippen molar-refractivity contribution in [3.8, 4) is 0 Å². The highest BCUT2D eigenvalue weighted by atomic mass is 15.2. The molecule has 0 aromatic heterocycles. The number of nitrogens with one attached hydrogen (secondary N) is 1. The van der Waals surface area contributed by atoms with Crippen molar-refractivity contribution >= 4 is 5.84 Å². The average molecular weight is 209 g/mol. The van der Waals surface area contributed by atoms with Gasteiger partial charge in [0.1, 0.15) is 5.84 Å². The third kappa shape index (κ3) is 2.74. The molecule has 0 aromatic rings. The first-order valence-corrected chi connectivity index (χ1v) is 5.78. The summed E-state index contributed by atoms with van der Waals surface area (Å²) in [5.41, 5.74) is 1.12. The Morgan fingerprint density at radius 2 is 2.00 bits per heavy atom. The lowest BCUT2D eigenvalue weighted by Gasteiger charge is -2.28. The van der Waals surface area contributed by atoms with Crippen LogP contribution in [-0.2, 0) is 0 Å². The van der Waals surface area contributed by atoms with Gasteiger partial charge < -0.3 is 10.2 Å². The van der Waals surface area contributed by atoms with Crippen molar-refractivity contribution in [2.24, 2.45) is 4.99 Å². The molecule has 3 heteroatoms. The molecule has 15 heavy (non-hydrogen) atoms. The monoisotopic (exact) mass is 209 g/mol. The average Bonchev–Trinajstić information content (AvgIpc) is 2.78. The standard InChI is InChI=1S/C12H23N3/c1-5-11(13-2)12(14-3)15(4)10-8-6-7-9-10/h5,10,13H,6-9H2,1-4H3/b11-5+,14-12?. The number of hydrogen-bond acceptors (Lipinski definition) is 2. The van der Waals surface area contributed by atoms with E-state index in [1.165, 1.54) is 25.7 Å².